The van der Waals surface area contributed by atoms with Gasteiger partial charge in [-0.25, -0.2) is 9.59 Å². The number of nitrogens with one attached hydrogen (secondary N) is 2. The molecule has 1 atom stereocenters. The van der Waals surface area contributed by atoms with Gasteiger partial charge in [0.25, 0.3) is 0 Å². The number of hydrogen-bond donors (Lipinski definition) is 2. The Kier molecular flexibility index (Phi) is 7.59. The molecule has 36 heavy (non-hydrogen) atoms. The van der Waals surface area contributed by atoms with E-state index < -0.39 is 18.0 Å². The van der Waals surface area contributed by atoms with Crippen LogP contribution in [0.5, 0.6) is 11.5 Å². The van der Waals surface area contributed by atoms with Crippen LogP contribution in [0.1, 0.15) is 42.1 Å². The second-order valence-corrected chi connectivity index (χ2v) is 8.82. The average molecular weight is 487 g/mol. The number of methoxy groups -OCH3 is 1. The van der Waals surface area contributed by atoms with Gasteiger partial charge in [-0.3, -0.25) is 0 Å². The maximum atomic E-state index is 13.3. The Balaban J connectivity index is 1.71. The van der Waals surface area contributed by atoms with E-state index in [1.54, 1.807) is 33.1 Å². The molecular weight excluding hydrogens is 456 g/mol. The van der Waals surface area contributed by atoms with E-state index in [2.05, 4.69) is 10.6 Å². The second-order valence-electron chi connectivity index (χ2n) is 8.82. The minimum atomic E-state index is -0.750. The lowest BCUT2D eigenvalue weighted by atomic mass is 9.92. The van der Waals surface area contributed by atoms with Crippen LogP contribution in [0, 0.1) is 6.92 Å². The van der Waals surface area contributed by atoms with Gasteiger partial charge in [-0.2, -0.15) is 0 Å². The van der Waals surface area contributed by atoms with Crippen molar-refractivity contribution in [2.24, 2.45) is 0 Å². The van der Waals surface area contributed by atoms with E-state index >= 15 is 0 Å². The zero-order valence-corrected chi connectivity index (χ0v) is 20.8. The molecule has 7 heteroatoms. The summed E-state index contributed by atoms with van der Waals surface area (Å²) in [5.74, 6) is 0.533. The number of aryl methyl sites for hydroxylation is 1. The second kappa shape index (κ2) is 11.0. The SMILES string of the molecule is COc1cc(C2NC(=O)NC(c3ccccc3)=C2C(=O)OC(C)C)ccc1OCc1ccc(C)cc1. The molecule has 3 aromatic rings. The zero-order chi connectivity index (χ0) is 25.7. The molecule has 1 heterocycles. The summed E-state index contributed by atoms with van der Waals surface area (Å²) in [5, 5.41) is 5.66. The Morgan fingerprint density at radius 2 is 1.69 bits per heavy atom. The molecule has 0 spiro atoms. The fourth-order valence-corrected chi connectivity index (χ4v) is 3.97. The van der Waals surface area contributed by atoms with Crippen LogP contribution in [0.15, 0.2) is 78.4 Å². The number of hydrogen-bond acceptors (Lipinski definition) is 5. The fraction of sp³-hybridized carbons (Fsp3) is 0.241. The van der Waals surface area contributed by atoms with E-state index in [1.807, 2.05) is 67.6 Å². The first-order chi connectivity index (χ1) is 17.4. The quantitative estimate of drug-likeness (QED) is 0.422. The summed E-state index contributed by atoms with van der Waals surface area (Å²) in [6.07, 6.45) is -0.326. The molecule has 2 amide bonds. The molecule has 186 valence electrons. The molecule has 0 aliphatic carbocycles. The number of urea groups is 1. The Morgan fingerprint density at radius 1 is 0.972 bits per heavy atom. The van der Waals surface area contributed by atoms with Crippen molar-refractivity contribution < 1.29 is 23.8 Å². The third-order valence-electron chi connectivity index (χ3n) is 5.73. The van der Waals surface area contributed by atoms with Gasteiger partial charge in [0.1, 0.15) is 6.61 Å². The Labute approximate surface area is 211 Å². The third kappa shape index (κ3) is 5.68. The number of carbonyl (C=O) groups excluding carboxylic acids is 2. The van der Waals surface area contributed by atoms with Crippen molar-refractivity contribution in [3.8, 4) is 11.5 Å². The molecule has 1 aliphatic heterocycles. The predicted molar refractivity (Wildman–Crippen MR) is 138 cm³/mol. The Bertz CT molecular complexity index is 1270. The van der Waals surface area contributed by atoms with Gasteiger partial charge in [0, 0.05) is 0 Å². The highest BCUT2D eigenvalue weighted by Crippen LogP contribution is 2.37. The number of amides is 2. The summed E-state index contributed by atoms with van der Waals surface area (Å²) in [7, 11) is 1.55. The van der Waals surface area contributed by atoms with Crippen molar-refractivity contribution in [3.05, 3.63) is 101 Å². The summed E-state index contributed by atoms with van der Waals surface area (Å²) in [4.78, 5) is 25.9. The number of benzene rings is 3. The normalized spacial score (nSPS) is 15.2. The molecule has 1 unspecified atom stereocenters. The topological polar surface area (TPSA) is 85.9 Å². The molecule has 4 rings (SSSR count). The highest BCUT2D eigenvalue weighted by atomic mass is 16.5. The molecule has 0 saturated heterocycles. The average Bonchev–Trinajstić information content (AvgIpc) is 2.87. The highest BCUT2D eigenvalue weighted by molar-refractivity contribution is 6.04. The summed E-state index contributed by atoms with van der Waals surface area (Å²) < 4.78 is 17.2. The first kappa shape index (κ1) is 24.9. The number of ether oxygens (including phenoxy) is 3. The Morgan fingerprint density at radius 3 is 2.36 bits per heavy atom. The Hall–Kier alpha value is -4.26. The maximum absolute atomic E-state index is 13.3. The summed E-state index contributed by atoms with van der Waals surface area (Å²) in [6, 6.07) is 21.5. The van der Waals surface area contributed by atoms with E-state index in [-0.39, 0.29) is 6.10 Å². The molecule has 3 aromatic carbocycles. The molecule has 2 N–H and O–H groups in total. The molecule has 0 aromatic heterocycles. The summed E-state index contributed by atoms with van der Waals surface area (Å²) in [6.45, 7) is 5.99. The van der Waals surface area contributed by atoms with Gasteiger partial charge in [-0.05, 0) is 49.6 Å². The molecule has 1 aliphatic rings. The minimum Gasteiger partial charge on any atom is -0.493 e. The lowest BCUT2D eigenvalue weighted by Crippen LogP contribution is -2.45. The number of rotatable bonds is 8. The smallest absolute Gasteiger partial charge is 0.338 e. The van der Waals surface area contributed by atoms with Crippen LogP contribution in [0.2, 0.25) is 0 Å². The number of esters is 1. The van der Waals surface area contributed by atoms with Crippen LogP contribution in [0.4, 0.5) is 4.79 Å². The molecular formula is C29H30N2O5. The molecule has 0 radical (unpaired) electrons. The maximum Gasteiger partial charge on any atom is 0.338 e. The lowest BCUT2D eigenvalue weighted by molar-refractivity contribution is -0.143. The van der Waals surface area contributed by atoms with Gasteiger partial charge < -0.3 is 24.8 Å². The molecule has 7 nitrogen and oxygen atoms in total. The van der Waals surface area contributed by atoms with Crippen molar-refractivity contribution in [2.45, 2.75) is 39.5 Å². The standard InChI is InChI=1S/C29H30N2O5/c1-18(2)36-28(32)25-26(21-8-6-5-7-9-21)30-29(33)31-27(25)22-14-15-23(24(16-22)34-4)35-17-20-12-10-19(3)11-13-20/h5-16,18,27H,17H2,1-4H3,(H2,30,31,33). The number of carbonyl (C=O) groups is 2. The largest absolute Gasteiger partial charge is 0.493 e. The van der Waals surface area contributed by atoms with Crippen LogP contribution in [0.25, 0.3) is 5.70 Å². The highest BCUT2D eigenvalue weighted by Gasteiger charge is 2.35. The van der Waals surface area contributed by atoms with Gasteiger partial charge in [0.15, 0.2) is 11.5 Å². The first-order valence-corrected chi connectivity index (χ1v) is 11.8. The summed E-state index contributed by atoms with van der Waals surface area (Å²) >= 11 is 0. The van der Waals surface area contributed by atoms with Gasteiger partial charge >= 0.3 is 12.0 Å². The van der Waals surface area contributed by atoms with Crippen molar-refractivity contribution in [2.75, 3.05) is 7.11 Å². The molecule has 0 fully saturated rings. The third-order valence-corrected chi connectivity index (χ3v) is 5.73. The van der Waals surface area contributed by atoms with E-state index in [0.29, 0.717) is 40.5 Å². The van der Waals surface area contributed by atoms with Gasteiger partial charge in [0.05, 0.1) is 30.5 Å². The van der Waals surface area contributed by atoms with Crippen molar-refractivity contribution in [1.82, 2.24) is 10.6 Å². The van der Waals surface area contributed by atoms with Gasteiger partial charge in [-0.15, -0.1) is 0 Å². The van der Waals surface area contributed by atoms with Crippen LogP contribution < -0.4 is 20.1 Å². The van der Waals surface area contributed by atoms with Crippen molar-refractivity contribution in [3.63, 3.8) is 0 Å². The fourth-order valence-electron chi connectivity index (χ4n) is 3.97. The van der Waals surface area contributed by atoms with Crippen LogP contribution >= 0.6 is 0 Å². The van der Waals surface area contributed by atoms with E-state index in [4.69, 9.17) is 14.2 Å². The van der Waals surface area contributed by atoms with Crippen LogP contribution in [-0.2, 0) is 16.1 Å². The monoisotopic (exact) mass is 486 g/mol. The van der Waals surface area contributed by atoms with Crippen molar-refractivity contribution in [1.29, 1.82) is 0 Å². The molecule has 0 saturated carbocycles. The van der Waals surface area contributed by atoms with Crippen LogP contribution in [0.3, 0.4) is 0 Å². The van der Waals surface area contributed by atoms with E-state index in [0.717, 1.165) is 5.56 Å². The predicted octanol–water partition coefficient (Wildman–Crippen LogP) is 5.30. The van der Waals surface area contributed by atoms with E-state index in [1.165, 1.54) is 5.56 Å². The lowest BCUT2D eigenvalue weighted by Gasteiger charge is -2.30. The van der Waals surface area contributed by atoms with Crippen LogP contribution in [-0.4, -0.2) is 25.2 Å². The van der Waals surface area contributed by atoms with Gasteiger partial charge in [-0.1, -0.05) is 66.2 Å². The zero-order valence-electron chi connectivity index (χ0n) is 20.8. The minimum absolute atomic E-state index is 0.310. The van der Waals surface area contributed by atoms with E-state index in [9.17, 15) is 9.59 Å². The van der Waals surface area contributed by atoms with Gasteiger partial charge in [0.2, 0.25) is 0 Å². The summed E-state index contributed by atoms with van der Waals surface area (Å²) in [5.41, 5.74) is 4.30. The molecule has 0 bridgehead atoms. The first-order valence-electron chi connectivity index (χ1n) is 11.8. The van der Waals surface area contributed by atoms with Crippen molar-refractivity contribution >= 4 is 17.7 Å².